The van der Waals surface area contributed by atoms with Crippen LogP contribution in [0.15, 0.2) is 0 Å². The fraction of sp³-hybridized carbons (Fsp3) is 0.917. The maximum atomic E-state index is 11.9. The lowest BCUT2D eigenvalue weighted by Gasteiger charge is -2.33. The normalized spacial score (nSPS) is 20.9. The first kappa shape index (κ1) is 21.2. The van der Waals surface area contributed by atoms with Crippen LogP contribution in [0.5, 0.6) is 0 Å². The lowest BCUT2D eigenvalue weighted by atomic mass is 9.98. The highest BCUT2D eigenvalue weighted by Crippen LogP contribution is 2.16. The molecule has 7 heteroatoms. The fourth-order valence-electron chi connectivity index (χ4n) is 2.43. The van der Waals surface area contributed by atoms with Crippen molar-refractivity contribution in [1.29, 1.82) is 0 Å². The van der Waals surface area contributed by atoms with E-state index in [4.69, 9.17) is 10.5 Å². The first-order valence-corrected chi connectivity index (χ1v) is 6.22. The van der Waals surface area contributed by atoms with Gasteiger partial charge in [0.05, 0.1) is 6.61 Å². The van der Waals surface area contributed by atoms with Gasteiger partial charge in [0.1, 0.15) is 6.04 Å². The van der Waals surface area contributed by atoms with Gasteiger partial charge in [-0.15, -0.1) is 24.8 Å². The third-order valence-corrected chi connectivity index (χ3v) is 3.29. The summed E-state index contributed by atoms with van der Waals surface area (Å²) in [4.78, 5) is 16.0. The molecule has 2 N–H and O–H groups in total. The SMILES string of the molecule is COCC(N)C(=O)N(C)CC1CCCN(C)C1.Cl.Cl. The predicted molar refractivity (Wildman–Crippen MR) is 82.2 cm³/mol. The van der Waals surface area contributed by atoms with Crippen LogP contribution < -0.4 is 5.73 Å². The lowest BCUT2D eigenvalue weighted by molar-refractivity contribution is -0.133. The Hall–Kier alpha value is -0.0700. The minimum atomic E-state index is -0.536. The average molecular weight is 316 g/mol. The van der Waals surface area contributed by atoms with Crippen LogP contribution in [0.2, 0.25) is 0 Å². The van der Waals surface area contributed by atoms with Crippen LogP contribution >= 0.6 is 24.8 Å². The zero-order valence-corrected chi connectivity index (χ0v) is 13.6. The molecule has 1 saturated heterocycles. The average Bonchev–Trinajstić information content (AvgIpc) is 2.28. The number of halogens is 2. The Kier molecular flexibility index (Phi) is 11.9. The second-order valence-electron chi connectivity index (χ2n) is 5.05. The van der Waals surface area contributed by atoms with Crippen LogP contribution in [-0.2, 0) is 9.53 Å². The number of piperidine rings is 1. The van der Waals surface area contributed by atoms with Gasteiger partial charge in [0.2, 0.25) is 5.91 Å². The quantitative estimate of drug-likeness (QED) is 0.807. The third-order valence-electron chi connectivity index (χ3n) is 3.29. The smallest absolute Gasteiger partial charge is 0.241 e. The topological polar surface area (TPSA) is 58.8 Å². The zero-order chi connectivity index (χ0) is 12.8. The molecule has 2 unspecified atom stereocenters. The van der Waals surface area contributed by atoms with E-state index in [2.05, 4.69) is 11.9 Å². The second-order valence-corrected chi connectivity index (χ2v) is 5.05. The molecule has 0 aromatic carbocycles. The summed E-state index contributed by atoms with van der Waals surface area (Å²) in [5.41, 5.74) is 5.73. The Bertz CT molecular complexity index is 257. The van der Waals surface area contributed by atoms with Crippen molar-refractivity contribution < 1.29 is 9.53 Å². The Labute approximate surface area is 128 Å². The molecule has 19 heavy (non-hydrogen) atoms. The van der Waals surface area contributed by atoms with Crippen LogP contribution in [-0.4, -0.2) is 69.2 Å². The molecule has 0 aromatic rings. The van der Waals surface area contributed by atoms with Crippen molar-refractivity contribution in [2.24, 2.45) is 11.7 Å². The van der Waals surface area contributed by atoms with Gasteiger partial charge in [-0.05, 0) is 32.4 Å². The van der Waals surface area contributed by atoms with Crippen molar-refractivity contribution >= 4 is 30.7 Å². The Balaban J connectivity index is 0. The number of likely N-dealkylation sites (tertiary alicyclic amines) is 1. The molecule has 0 aliphatic carbocycles. The molecule has 116 valence electrons. The molecular weight excluding hydrogens is 289 g/mol. The highest BCUT2D eigenvalue weighted by molar-refractivity contribution is 5.85. The highest BCUT2D eigenvalue weighted by atomic mass is 35.5. The van der Waals surface area contributed by atoms with E-state index in [0.29, 0.717) is 5.92 Å². The Morgan fingerprint density at radius 2 is 2.16 bits per heavy atom. The van der Waals surface area contributed by atoms with Gasteiger partial charge in [-0.2, -0.15) is 0 Å². The van der Waals surface area contributed by atoms with Gasteiger partial charge in [0, 0.05) is 27.2 Å². The van der Waals surface area contributed by atoms with Gasteiger partial charge in [-0.3, -0.25) is 4.79 Å². The van der Waals surface area contributed by atoms with Crippen LogP contribution in [0.3, 0.4) is 0 Å². The van der Waals surface area contributed by atoms with E-state index in [1.165, 1.54) is 12.8 Å². The number of nitrogens with zero attached hydrogens (tertiary/aromatic N) is 2. The van der Waals surface area contributed by atoms with E-state index in [-0.39, 0.29) is 37.3 Å². The van der Waals surface area contributed by atoms with Crippen LogP contribution in [0.25, 0.3) is 0 Å². The van der Waals surface area contributed by atoms with E-state index >= 15 is 0 Å². The highest BCUT2D eigenvalue weighted by Gasteiger charge is 2.23. The number of nitrogens with two attached hydrogens (primary N) is 1. The number of carbonyl (C=O) groups excluding carboxylic acids is 1. The van der Waals surface area contributed by atoms with E-state index in [0.717, 1.165) is 19.6 Å². The van der Waals surface area contributed by atoms with Gasteiger partial charge in [-0.1, -0.05) is 0 Å². The molecule has 0 saturated carbocycles. The number of methoxy groups -OCH3 is 1. The maximum absolute atomic E-state index is 11.9. The molecule has 5 nitrogen and oxygen atoms in total. The molecule has 0 aromatic heterocycles. The first-order chi connectivity index (χ1) is 8.04. The molecular formula is C12H27Cl2N3O2. The summed E-state index contributed by atoms with van der Waals surface area (Å²) >= 11 is 0. The first-order valence-electron chi connectivity index (χ1n) is 6.22. The summed E-state index contributed by atoms with van der Waals surface area (Å²) in [6.45, 7) is 3.31. The van der Waals surface area contributed by atoms with Crippen LogP contribution in [0, 0.1) is 5.92 Å². The van der Waals surface area contributed by atoms with Crippen molar-refractivity contribution in [3.63, 3.8) is 0 Å². The predicted octanol–water partition coefficient (Wildman–Crippen LogP) is 0.604. The zero-order valence-electron chi connectivity index (χ0n) is 12.0. The minimum Gasteiger partial charge on any atom is -0.383 e. The number of rotatable bonds is 5. The number of hydrogen-bond donors (Lipinski definition) is 1. The van der Waals surface area contributed by atoms with Gasteiger partial charge < -0.3 is 20.3 Å². The molecule has 1 aliphatic rings. The second kappa shape index (κ2) is 10.7. The molecule has 1 rings (SSSR count). The molecule has 1 fully saturated rings. The summed E-state index contributed by atoms with van der Waals surface area (Å²) in [5, 5.41) is 0. The van der Waals surface area contributed by atoms with Crippen LogP contribution in [0.1, 0.15) is 12.8 Å². The number of likely N-dealkylation sites (N-methyl/N-ethyl adjacent to an activating group) is 1. The van der Waals surface area contributed by atoms with E-state index in [9.17, 15) is 4.79 Å². The van der Waals surface area contributed by atoms with Gasteiger partial charge in [0.25, 0.3) is 0 Å². The minimum absolute atomic E-state index is 0. The monoisotopic (exact) mass is 315 g/mol. The van der Waals surface area contributed by atoms with Crippen molar-refractivity contribution in [2.45, 2.75) is 18.9 Å². The maximum Gasteiger partial charge on any atom is 0.241 e. The molecule has 1 heterocycles. The summed E-state index contributed by atoms with van der Waals surface area (Å²) in [5.74, 6) is 0.539. The van der Waals surface area contributed by atoms with E-state index < -0.39 is 6.04 Å². The van der Waals surface area contributed by atoms with Crippen molar-refractivity contribution in [1.82, 2.24) is 9.80 Å². The summed E-state index contributed by atoms with van der Waals surface area (Å²) in [6, 6.07) is -0.536. The number of hydrogen-bond acceptors (Lipinski definition) is 4. The largest absolute Gasteiger partial charge is 0.383 e. The van der Waals surface area contributed by atoms with Gasteiger partial charge in [-0.25, -0.2) is 0 Å². The lowest BCUT2D eigenvalue weighted by Crippen LogP contribution is -2.47. The number of ether oxygens (including phenoxy) is 1. The Morgan fingerprint density at radius 3 is 2.68 bits per heavy atom. The molecule has 2 atom stereocenters. The summed E-state index contributed by atoms with van der Waals surface area (Å²) < 4.78 is 4.90. The number of amides is 1. The number of carbonyl (C=O) groups is 1. The molecule has 1 aliphatic heterocycles. The van der Waals surface area contributed by atoms with E-state index in [1.807, 2.05) is 7.05 Å². The fourth-order valence-corrected chi connectivity index (χ4v) is 2.43. The Morgan fingerprint density at radius 1 is 1.53 bits per heavy atom. The molecule has 0 radical (unpaired) electrons. The van der Waals surface area contributed by atoms with Crippen molar-refractivity contribution in [3.8, 4) is 0 Å². The van der Waals surface area contributed by atoms with Crippen molar-refractivity contribution in [2.75, 3.05) is 47.4 Å². The van der Waals surface area contributed by atoms with Gasteiger partial charge >= 0.3 is 0 Å². The third kappa shape index (κ3) is 7.32. The van der Waals surface area contributed by atoms with E-state index in [1.54, 1.807) is 12.0 Å². The standard InChI is InChI=1S/C12H25N3O2.2ClH/c1-14-6-4-5-10(7-14)8-15(2)12(16)11(13)9-17-3;;/h10-11H,4-9,13H2,1-3H3;2*1H. The molecule has 0 bridgehead atoms. The van der Waals surface area contributed by atoms with Crippen LogP contribution in [0.4, 0.5) is 0 Å². The molecule has 1 amide bonds. The molecule has 0 spiro atoms. The summed E-state index contributed by atoms with van der Waals surface area (Å²) in [6.07, 6.45) is 2.41. The summed E-state index contributed by atoms with van der Waals surface area (Å²) in [7, 11) is 5.51. The van der Waals surface area contributed by atoms with Crippen molar-refractivity contribution in [3.05, 3.63) is 0 Å². The van der Waals surface area contributed by atoms with Gasteiger partial charge in [0.15, 0.2) is 0 Å².